The number of imidazole rings is 2. The Hall–Kier alpha value is -4.60. The molecule has 0 radical (unpaired) electrons. The van der Waals surface area contributed by atoms with Crippen LogP contribution in [0.4, 0.5) is 0 Å². The quantitative estimate of drug-likeness (QED) is 0.215. The van der Waals surface area contributed by atoms with E-state index in [2.05, 4.69) is 9.97 Å². The Morgan fingerprint density at radius 1 is 1.14 bits per heavy atom. The molecule has 1 fully saturated rings. The molecule has 1 aromatic carbocycles. The number of nitrogens with zero attached hydrogens (tertiary/aromatic N) is 5. The Morgan fingerprint density at radius 3 is 2.73 bits per heavy atom. The second-order valence-corrected chi connectivity index (χ2v) is 8.78. The average Bonchev–Trinajstić information content (AvgIpc) is 3.58. The summed E-state index contributed by atoms with van der Waals surface area (Å²) < 4.78 is 9.14. The average molecular weight is 502 g/mol. The number of hydrogen-bond acceptors (Lipinski definition) is 7. The number of ketones is 1. The fraction of sp³-hybridized carbons (Fsp3) is 0.259. The van der Waals surface area contributed by atoms with E-state index in [0.717, 1.165) is 0 Å². The second kappa shape index (κ2) is 9.81. The lowest BCUT2D eigenvalue weighted by Crippen LogP contribution is -2.31. The van der Waals surface area contributed by atoms with Gasteiger partial charge in [0.1, 0.15) is 11.3 Å². The van der Waals surface area contributed by atoms with E-state index < -0.39 is 17.7 Å². The minimum Gasteiger partial charge on any atom is -0.505 e. The fourth-order valence-electron chi connectivity index (χ4n) is 4.80. The van der Waals surface area contributed by atoms with Crippen LogP contribution in [0.25, 0.3) is 11.4 Å². The van der Waals surface area contributed by atoms with Gasteiger partial charge in [0.15, 0.2) is 17.3 Å². The van der Waals surface area contributed by atoms with Crippen LogP contribution in [0.15, 0.2) is 66.9 Å². The number of hydrogen-bond donors (Lipinski definition) is 2. The van der Waals surface area contributed by atoms with Crippen molar-refractivity contribution in [1.29, 1.82) is 0 Å². The zero-order valence-corrected chi connectivity index (χ0v) is 20.5. The molecule has 4 aromatic rings. The molecule has 1 aliphatic rings. The Balaban J connectivity index is 1.63. The number of aryl methyl sites for hydroxylation is 2. The maximum absolute atomic E-state index is 13.4. The van der Waals surface area contributed by atoms with Crippen LogP contribution in [-0.2, 0) is 16.1 Å². The van der Waals surface area contributed by atoms with Gasteiger partial charge in [0.05, 0.1) is 30.2 Å². The smallest absolute Gasteiger partial charge is 0.295 e. The molecule has 1 aliphatic heterocycles. The maximum atomic E-state index is 13.4. The molecule has 2 N–H and O–H groups in total. The number of phenolic OH excluding ortho intramolecular Hbond substituents is 1. The summed E-state index contributed by atoms with van der Waals surface area (Å²) in [5.41, 5.74) is 1.98. The predicted octanol–water partition coefficient (Wildman–Crippen LogP) is 3.46. The minimum atomic E-state index is -0.878. The fourth-order valence-corrected chi connectivity index (χ4v) is 4.80. The number of likely N-dealkylation sites (tertiary alicyclic amines) is 1. The van der Waals surface area contributed by atoms with Crippen molar-refractivity contribution in [3.05, 3.63) is 83.8 Å². The van der Waals surface area contributed by atoms with Crippen molar-refractivity contribution in [2.24, 2.45) is 0 Å². The number of amides is 1. The van der Waals surface area contributed by atoms with Crippen LogP contribution in [0, 0.1) is 6.92 Å². The van der Waals surface area contributed by atoms with E-state index in [4.69, 9.17) is 4.74 Å². The molecule has 0 saturated carbocycles. The van der Waals surface area contributed by atoms with Gasteiger partial charge in [-0.3, -0.25) is 14.0 Å². The summed E-state index contributed by atoms with van der Waals surface area (Å²) in [6.07, 6.45) is 7.50. The molecule has 10 nitrogen and oxygen atoms in total. The number of aromatic nitrogens is 4. The van der Waals surface area contributed by atoms with E-state index in [-0.39, 0.29) is 29.4 Å². The molecular formula is C27H27N5O5. The van der Waals surface area contributed by atoms with Crippen LogP contribution in [0.1, 0.15) is 36.3 Å². The van der Waals surface area contributed by atoms with Gasteiger partial charge in [0.2, 0.25) is 0 Å². The van der Waals surface area contributed by atoms with Gasteiger partial charge in [-0.25, -0.2) is 9.97 Å². The van der Waals surface area contributed by atoms with Crippen molar-refractivity contribution in [3.63, 3.8) is 0 Å². The monoisotopic (exact) mass is 501 g/mol. The molecule has 1 unspecified atom stereocenters. The number of Topliss-reactive ketones (excluding diaryl/α,β-unsaturated/α-hetero) is 1. The number of benzene rings is 1. The number of pyridine rings is 1. The van der Waals surface area contributed by atoms with Gasteiger partial charge in [-0.05, 0) is 50.1 Å². The maximum Gasteiger partial charge on any atom is 0.295 e. The molecule has 1 amide bonds. The summed E-state index contributed by atoms with van der Waals surface area (Å²) in [7, 11) is 0. The van der Waals surface area contributed by atoms with Gasteiger partial charge in [-0.15, -0.1) is 0 Å². The van der Waals surface area contributed by atoms with Gasteiger partial charge in [0, 0.05) is 31.7 Å². The molecule has 0 spiro atoms. The molecule has 190 valence electrons. The predicted molar refractivity (Wildman–Crippen MR) is 135 cm³/mol. The number of carbonyl (C=O) groups is 2. The lowest BCUT2D eigenvalue weighted by atomic mass is 9.95. The first-order valence-electron chi connectivity index (χ1n) is 12.0. The van der Waals surface area contributed by atoms with Gasteiger partial charge in [-0.2, -0.15) is 0 Å². The molecule has 1 atom stereocenters. The number of ether oxygens (including phenoxy) is 1. The number of phenols is 1. The third kappa shape index (κ3) is 4.31. The number of aromatic hydroxyl groups is 1. The van der Waals surface area contributed by atoms with Crippen LogP contribution >= 0.6 is 0 Å². The molecule has 37 heavy (non-hydrogen) atoms. The van der Waals surface area contributed by atoms with Crippen molar-refractivity contribution < 1.29 is 24.5 Å². The second-order valence-electron chi connectivity index (χ2n) is 8.78. The van der Waals surface area contributed by atoms with Gasteiger partial charge < -0.3 is 24.4 Å². The van der Waals surface area contributed by atoms with Gasteiger partial charge in [0.25, 0.3) is 11.7 Å². The number of aliphatic hydroxyl groups excluding tert-OH is 1. The summed E-state index contributed by atoms with van der Waals surface area (Å²) in [5, 5.41) is 21.8. The first kappa shape index (κ1) is 24.1. The lowest BCUT2D eigenvalue weighted by Gasteiger charge is -2.26. The molecule has 1 saturated heterocycles. The molecule has 4 heterocycles. The number of carbonyl (C=O) groups excluding carboxylic acids is 2. The topological polar surface area (TPSA) is 122 Å². The Kier molecular flexibility index (Phi) is 6.39. The van der Waals surface area contributed by atoms with Crippen molar-refractivity contribution in [2.45, 2.75) is 32.9 Å². The number of aliphatic hydroxyl groups is 1. The third-order valence-corrected chi connectivity index (χ3v) is 6.44. The minimum absolute atomic E-state index is 0.0328. The molecular weight excluding hydrogens is 474 g/mol. The summed E-state index contributed by atoms with van der Waals surface area (Å²) in [6.45, 7) is 4.72. The molecule has 5 rings (SSSR count). The highest BCUT2D eigenvalue weighted by Crippen LogP contribution is 2.42. The summed E-state index contributed by atoms with van der Waals surface area (Å²) in [6, 6.07) is 9.24. The Labute approximate surface area is 213 Å². The van der Waals surface area contributed by atoms with Crippen LogP contribution in [-0.4, -0.2) is 58.9 Å². The van der Waals surface area contributed by atoms with E-state index >= 15 is 0 Å². The standard InChI is InChI=1S/C27H27N5O5/c1-3-37-20-15-18(8-9-19(20)33)24-22(25(34)23-17(2)29-21-7-4-5-12-31(21)23)26(35)27(36)32(24)13-6-11-30-14-10-28-16-30/h4-5,7-10,12,14-16,24,33-34H,3,6,11,13H2,1-2H3. The normalized spacial score (nSPS) is 17.1. The van der Waals surface area contributed by atoms with Crippen molar-refractivity contribution in [1.82, 2.24) is 23.8 Å². The van der Waals surface area contributed by atoms with E-state index in [1.807, 2.05) is 16.8 Å². The highest BCUT2D eigenvalue weighted by Gasteiger charge is 2.46. The van der Waals surface area contributed by atoms with Crippen LogP contribution in [0.5, 0.6) is 11.5 Å². The zero-order chi connectivity index (χ0) is 26.1. The number of rotatable bonds is 8. The van der Waals surface area contributed by atoms with E-state index in [9.17, 15) is 19.8 Å². The first-order valence-corrected chi connectivity index (χ1v) is 12.0. The molecule has 3 aromatic heterocycles. The number of fused-ring (bicyclic) bond motifs is 1. The van der Waals surface area contributed by atoms with Crippen molar-refractivity contribution >= 4 is 23.1 Å². The van der Waals surface area contributed by atoms with Gasteiger partial charge in [-0.1, -0.05) is 12.1 Å². The Morgan fingerprint density at radius 2 is 1.97 bits per heavy atom. The van der Waals surface area contributed by atoms with Crippen LogP contribution in [0.3, 0.4) is 0 Å². The Bertz CT molecular complexity index is 1500. The summed E-state index contributed by atoms with van der Waals surface area (Å²) in [4.78, 5) is 36.7. The summed E-state index contributed by atoms with van der Waals surface area (Å²) >= 11 is 0. The van der Waals surface area contributed by atoms with Crippen molar-refractivity contribution in [3.8, 4) is 11.5 Å². The highest BCUT2D eigenvalue weighted by molar-refractivity contribution is 6.46. The molecule has 10 heteroatoms. The SMILES string of the molecule is CCOc1cc(C2C(=C(O)c3c(C)nc4ccccn34)C(=O)C(=O)N2CCCn2ccnc2)ccc1O. The lowest BCUT2D eigenvalue weighted by molar-refractivity contribution is -0.139. The highest BCUT2D eigenvalue weighted by atomic mass is 16.5. The van der Waals surface area contributed by atoms with Crippen LogP contribution in [0.2, 0.25) is 0 Å². The van der Waals surface area contributed by atoms with E-state index in [0.29, 0.717) is 42.2 Å². The van der Waals surface area contributed by atoms with E-state index in [1.165, 1.54) is 11.0 Å². The van der Waals surface area contributed by atoms with Gasteiger partial charge >= 0.3 is 0 Å². The largest absolute Gasteiger partial charge is 0.505 e. The first-order chi connectivity index (χ1) is 17.9. The zero-order valence-electron chi connectivity index (χ0n) is 20.5. The molecule has 0 aliphatic carbocycles. The summed E-state index contributed by atoms with van der Waals surface area (Å²) in [5.74, 6) is -1.60. The third-order valence-electron chi connectivity index (χ3n) is 6.44. The molecule has 0 bridgehead atoms. The van der Waals surface area contributed by atoms with Crippen molar-refractivity contribution in [2.75, 3.05) is 13.2 Å². The van der Waals surface area contributed by atoms with E-state index in [1.54, 1.807) is 61.2 Å². The van der Waals surface area contributed by atoms with Crippen LogP contribution < -0.4 is 4.74 Å².